The van der Waals surface area contributed by atoms with E-state index in [1.807, 2.05) is 48.7 Å². The molecule has 0 amide bonds. The monoisotopic (exact) mass is 253 g/mol. The third-order valence-corrected chi connectivity index (χ3v) is 3.20. The van der Waals surface area contributed by atoms with Gasteiger partial charge in [0.15, 0.2) is 0 Å². The Kier molecular flexibility index (Phi) is 3.29. The van der Waals surface area contributed by atoms with Crippen LogP contribution in [0.4, 0.5) is 0 Å². The second kappa shape index (κ2) is 5.24. The summed E-state index contributed by atoms with van der Waals surface area (Å²) in [6.07, 6.45) is 4.41. The molecule has 1 unspecified atom stereocenters. The first-order valence-corrected chi connectivity index (χ1v) is 6.38. The van der Waals surface area contributed by atoms with Gasteiger partial charge in [0, 0.05) is 17.8 Å². The summed E-state index contributed by atoms with van der Waals surface area (Å²) < 4.78 is 5.65. The minimum absolute atomic E-state index is 0.576. The van der Waals surface area contributed by atoms with Gasteiger partial charge in [-0.25, -0.2) is 0 Å². The van der Waals surface area contributed by atoms with Gasteiger partial charge in [0.05, 0.1) is 0 Å². The number of aliphatic hydroxyl groups is 1. The molecule has 0 aliphatic heterocycles. The van der Waals surface area contributed by atoms with E-state index in [0.29, 0.717) is 12.2 Å². The predicted molar refractivity (Wildman–Crippen MR) is 73.7 cm³/mol. The van der Waals surface area contributed by atoms with E-state index in [0.717, 1.165) is 23.0 Å². The van der Waals surface area contributed by atoms with E-state index in [9.17, 15) is 5.11 Å². The van der Waals surface area contributed by atoms with Crippen LogP contribution in [-0.4, -0.2) is 10.1 Å². The number of aliphatic hydroxyl groups excluding tert-OH is 1. The highest BCUT2D eigenvalue weighted by Crippen LogP contribution is 2.26. The topological polar surface area (TPSA) is 46.3 Å². The van der Waals surface area contributed by atoms with E-state index < -0.39 is 6.10 Å². The van der Waals surface area contributed by atoms with Crippen LogP contribution in [0.5, 0.6) is 0 Å². The van der Waals surface area contributed by atoms with Crippen LogP contribution in [0.15, 0.2) is 59.3 Å². The predicted octanol–water partition coefficient (Wildman–Crippen LogP) is 3.49. The molecule has 1 N–H and O–H groups in total. The van der Waals surface area contributed by atoms with Crippen molar-refractivity contribution in [2.45, 2.75) is 18.9 Å². The van der Waals surface area contributed by atoms with Crippen molar-refractivity contribution in [2.24, 2.45) is 0 Å². The van der Waals surface area contributed by atoms with Crippen LogP contribution in [-0.2, 0) is 6.42 Å². The van der Waals surface area contributed by atoms with Gasteiger partial charge >= 0.3 is 0 Å². The van der Waals surface area contributed by atoms with Crippen molar-refractivity contribution in [2.75, 3.05) is 0 Å². The van der Waals surface area contributed by atoms with Crippen LogP contribution < -0.4 is 0 Å². The summed E-state index contributed by atoms with van der Waals surface area (Å²) in [7, 11) is 0. The Balaban J connectivity index is 1.71. The Morgan fingerprint density at radius 2 is 2.05 bits per heavy atom. The standard InChI is InChI=1S/C16H15NO2/c18-14(8-7-12-4-3-9-17-11-12)16-10-13-5-1-2-6-15(13)19-16/h1-6,9-11,14,18H,7-8H2. The number of fused-ring (bicyclic) bond motifs is 1. The fourth-order valence-electron chi connectivity index (χ4n) is 2.16. The molecule has 0 radical (unpaired) electrons. The second-order valence-corrected chi connectivity index (χ2v) is 4.60. The summed E-state index contributed by atoms with van der Waals surface area (Å²) in [6.45, 7) is 0. The average Bonchev–Trinajstić information content (AvgIpc) is 2.90. The minimum atomic E-state index is -0.576. The zero-order valence-electron chi connectivity index (χ0n) is 10.5. The molecule has 2 heterocycles. The van der Waals surface area contributed by atoms with E-state index in [-0.39, 0.29) is 0 Å². The Labute approximate surface area is 111 Å². The molecule has 3 aromatic rings. The van der Waals surface area contributed by atoms with Crippen LogP contribution in [0.3, 0.4) is 0 Å². The molecular formula is C16H15NO2. The number of hydrogen-bond donors (Lipinski definition) is 1. The third kappa shape index (κ3) is 2.66. The Bertz CT molecular complexity index is 628. The van der Waals surface area contributed by atoms with Gasteiger partial charge in [-0.15, -0.1) is 0 Å². The van der Waals surface area contributed by atoms with Gasteiger partial charge in [-0.1, -0.05) is 24.3 Å². The lowest BCUT2D eigenvalue weighted by atomic mass is 10.1. The summed E-state index contributed by atoms with van der Waals surface area (Å²) in [5, 5.41) is 11.2. The van der Waals surface area contributed by atoms with Crippen molar-refractivity contribution in [1.82, 2.24) is 4.98 Å². The number of hydrogen-bond acceptors (Lipinski definition) is 3. The van der Waals surface area contributed by atoms with Crippen LogP contribution in [0, 0.1) is 0 Å². The molecule has 0 aliphatic carbocycles. The van der Waals surface area contributed by atoms with Gasteiger partial charge in [-0.3, -0.25) is 4.98 Å². The first kappa shape index (κ1) is 11.9. The summed E-state index contributed by atoms with van der Waals surface area (Å²) in [5.74, 6) is 0.630. The minimum Gasteiger partial charge on any atom is -0.458 e. The molecule has 3 nitrogen and oxygen atoms in total. The lowest BCUT2D eigenvalue weighted by molar-refractivity contribution is 0.143. The molecule has 0 aliphatic rings. The van der Waals surface area contributed by atoms with Crippen molar-refractivity contribution in [3.05, 3.63) is 66.2 Å². The number of rotatable bonds is 4. The fraction of sp³-hybridized carbons (Fsp3) is 0.188. The van der Waals surface area contributed by atoms with Crippen molar-refractivity contribution in [3.8, 4) is 0 Å². The summed E-state index contributed by atoms with van der Waals surface area (Å²) >= 11 is 0. The van der Waals surface area contributed by atoms with Crippen molar-refractivity contribution < 1.29 is 9.52 Å². The van der Waals surface area contributed by atoms with E-state index in [2.05, 4.69) is 4.98 Å². The number of furan rings is 1. The molecule has 0 spiro atoms. The van der Waals surface area contributed by atoms with Gasteiger partial charge in [0.2, 0.25) is 0 Å². The van der Waals surface area contributed by atoms with Gasteiger partial charge in [0.25, 0.3) is 0 Å². The molecule has 0 fully saturated rings. The highest BCUT2D eigenvalue weighted by molar-refractivity contribution is 5.77. The van der Waals surface area contributed by atoms with Gasteiger partial charge < -0.3 is 9.52 Å². The summed E-state index contributed by atoms with van der Waals surface area (Å²) in [5.41, 5.74) is 1.94. The SMILES string of the molecule is OC(CCc1cccnc1)c1cc2ccccc2o1. The largest absolute Gasteiger partial charge is 0.458 e. The van der Waals surface area contributed by atoms with E-state index in [1.165, 1.54) is 0 Å². The van der Waals surface area contributed by atoms with E-state index in [4.69, 9.17) is 4.42 Å². The highest BCUT2D eigenvalue weighted by atomic mass is 16.4. The summed E-state index contributed by atoms with van der Waals surface area (Å²) in [6, 6.07) is 13.6. The lowest BCUT2D eigenvalue weighted by Gasteiger charge is -2.06. The van der Waals surface area contributed by atoms with Gasteiger partial charge in [-0.2, -0.15) is 0 Å². The Hall–Kier alpha value is -2.13. The maximum absolute atomic E-state index is 10.2. The highest BCUT2D eigenvalue weighted by Gasteiger charge is 2.13. The number of aryl methyl sites for hydroxylation is 1. The maximum Gasteiger partial charge on any atom is 0.134 e. The zero-order valence-corrected chi connectivity index (χ0v) is 10.5. The molecule has 0 saturated carbocycles. The Morgan fingerprint density at radius 3 is 2.84 bits per heavy atom. The first-order valence-electron chi connectivity index (χ1n) is 6.38. The fourth-order valence-corrected chi connectivity index (χ4v) is 2.16. The normalized spacial score (nSPS) is 12.7. The van der Waals surface area contributed by atoms with Crippen LogP contribution >= 0.6 is 0 Å². The maximum atomic E-state index is 10.2. The molecule has 2 aromatic heterocycles. The van der Waals surface area contributed by atoms with E-state index in [1.54, 1.807) is 6.20 Å². The molecule has 3 heteroatoms. The quantitative estimate of drug-likeness (QED) is 0.774. The van der Waals surface area contributed by atoms with E-state index >= 15 is 0 Å². The van der Waals surface area contributed by atoms with Crippen molar-refractivity contribution >= 4 is 11.0 Å². The van der Waals surface area contributed by atoms with Crippen molar-refractivity contribution in [1.29, 1.82) is 0 Å². The molecule has 19 heavy (non-hydrogen) atoms. The van der Waals surface area contributed by atoms with Crippen LogP contribution in [0.1, 0.15) is 23.8 Å². The molecule has 0 bridgehead atoms. The molecular weight excluding hydrogens is 238 g/mol. The molecule has 96 valence electrons. The smallest absolute Gasteiger partial charge is 0.134 e. The average molecular weight is 253 g/mol. The second-order valence-electron chi connectivity index (χ2n) is 4.60. The number of pyridine rings is 1. The lowest BCUT2D eigenvalue weighted by Crippen LogP contribution is -1.98. The molecule has 0 saturated heterocycles. The third-order valence-electron chi connectivity index (χ3n) is 3.20. The number of para-hydroxylation sites is 1. The molecule has 1 atom stereocenters. The van der Waals surface area contributed by atoms with Gasteiger partial charge in [-0.05, 0) is 36.6 Å². The molecule has 3 rings (SSSR count). The molecule has 1 aromatic carbocycles. The van der Waals surface area contributed by atoms with Crippen LogP contribution in [0.25, 0.3) is 11.0 Å². The number of aromatic nitrogens is 1. The van der Waals surface area contributed by atoms with Gasteiger partial charge in [0.1, 0.15) is 17.4 Å². The number of benzene rings is 1. The van der Waals surface area contributed by atoms with Crippen molar-refractivity contribution in [3.63, 3.8) is 0 Å². The summed E-state index contributed by atoms with van der Waals surface area (Å²) in [4.78, 5) is 4.07. The van der Waals surface area contributed by atoms with Crippen LogP contribution in [0.2, 0.25) is 0 Å². The first-order chi connectivity index (χ1) is 9.33. The Morgan fingerprint density at radius 1 is 1.16 bits per heavy atom. The number of nitrogens with zero attached hydrogens (tertiary/aromatic N) is 1. The zero-order chi connectivity index (χ0) is 13.1.